The highest BCUT2D eigenvalue weighted by Crippen LogP contribution is 2.20. The molecule has 2 aromatic heterocycles. The lowest BCUT2D eigenvalue weighted by molar-refractivity contribution is 0.0929. The predicted molar refractivity (Wildman–Crippen MR) is 106 cm³/mol. The summed E-state index contributed by atoms with van der Waals surface area (Å²) in [5.74, 6) is 1.21. The van der Waals surface area contributed by atoms with E-state index in [1.807, 2.05) is 50.5 Å². The summed E-state index contributed by atoms with van der Waals surface area (Å²) in [5.41, 5.74) is 2.43. The Bertz CT molecular complexity index is 718. The Balaban J connectivity index is 0.000000431. The largest absolute Gasteiger partial charge is 0.396 e. The third kappa shape index (κ3) is 5.21. The van der Waals surface area contributed by atoms with Crippen LogP contribution in [0.3, 0.4) is 0 Å². The second-order valence-corrected chi connectivity index (χ2v) is 7.34. The van der Waals surface area contributed by atoms with E-state index in [0.717, 1.165) is 24.4 Å². The predicted octanol–water partition coefficient (Wildman–Crippen LogP) is 3.38. The zero-order chi connectivity index (χ0) is 19.1. The van der Waals surface area contributed by atoms with E-state index >= 15 is 0 Å². The average molecular weight is 361 g/mol. The highest BCUT2D eigenvalue weighted by molar-refractivity contribution is 6.00. The van der Waals surface area contributed by atoms with E-state index in [1.54, 1.807) is 0 Å². The number of aliphatic hydroxyl groups is 1. The molecule has 1 aliphatic carbocycles. The Labute approximate surface area is 156 Å². The van der Waals surface area contributed by atoms with Crippen molar-refractivity contribution in [1.82, 2.24) is 14.7 Å². The van der Waals surface area contributed by atoms with Gasteiger partial charge in [-0.1, -0.05) is 33.1 Å². The molecule has 26 heavy (non-hydrogen) atoms. The first kappa shape index (κ1) is 20.2. The van der Waals surface area contributed by atoms with Crippen molar-refractivity contribution in [3.63, 3.8) is 0 Å². The minimum atomic E-state index is -0.00967. The second-order valence-electron chi connectivity index (χ2n) is 7.34. The molecule has 0 aliphatic heterocycles. The van der Waals surface area contributed by atoms with Crippen LogP contribution in [-0.2, 0) is 0 Å². The maximum atomic E-state index is 12.5. The number of nitrogens with one attached hydrogen (secondary N) is 2. The third-order valence-corrected chi connectivity index (χ3v) is 4.62. The zero-order valence-electron chi connectivity index (χ0n) is 16.4. The molecule has 1 aliphatic rings. The fourth-order valence-electron chi connectivity index (χ4n) is 3.05. The number of fused-ring (bicyclic) bond motifs is 1. The first-order valence-corrected chi connectivity index (χ1v) is 9.54. The van der Waals surface area contributed by atoms with Gasteiger partial charge in [0, 0.05) is 37.7 Å². The van der Waals surface area contributed by atoms with Gasteiger partial charge in [0.25, 0.3) is 5.91 Å². The molecule has 0 atom stereocenters. The van der Waals surface area contributed by atoms with Crippen LogP contribution in [0.1, 0.15) is 62.0 Å². The Kier molecular flexibility index (Phi) is 7.45. The lowest BCUT2D eigenvalue weighted by Crippen LogP contribution is -2.36. The maximum Gasteiger partial charge on any atom is 0.255 e. The Morgan fingerprint density at radius 2 is 2.00 bits per heavy atom. The van der Waals surface area contributed by atoms with Gasteiger partial charge in [-0.15, -0.1) is 0 Å². The van der Waals surface area contributed by atoms with Crippen molar-refractivity contribution in [3.8, 4) is 0 Å². The van der Waals surface area contributed by atoms with Crippen LogP contribution in [0.4, 0.5) is 5.82 Å². The molecule has 0 aromatic carbocycles. The molecule has 2 aromatic rings. The Hall–Kier alpha value is -2.08. The topological polar surface area (TPSA) is 78.7 Å². The molecular weight excluding hydrogens is 328 g/mol. The molecule has 6 heteroatoms. The summed E-state index contributed by atoms with van der Waals surface area (Å²) in [6.07, 6.45) is 7.80. The van der Waals surface area contributed by atoms with Gasteiger partial charge in [-0.2, -0.15) is 0 Å². The molecular formula is C20H32N4O2. The number of hydrogen-bond donors (Lipinski definition) is 3. The number of carbonyl (C=O) groups is 1. The SMILES string of the molecule is CC(C)CO.CNc1cc(C)n2ccc(C(=O)NC3CCCCC3)c2n1. The van der Waals surface area contributed by atoms with E-state index in [-0.39, 0.29) is 5.91 Å². The zero-order valence-corrected chi connectivity index (χ0v) is 16.4. The smallest absolute Gasteiger partial charge is 0.255 e. The van der Waals surface area contributed by atoms with Gasteiger partial charge >= 0.3 is 0 Å². The fraction of sp³-hybridized carbons (Fsp3) is 0.600. The van der Waals surface area contributed by atoms with Crippen molar-refractivity contribution >= 4 is 17.4 Å². The van der Waals surface area contributed by atoms with Gasteiger partial charge in [0.1, 0.15) is 5.82 Å². The summed E-state index contributed by atoms with van der Waals surface area (Å²) in [6, 6.07) is 4.14. The van der Waals surface area contributed by atoms with Crippen molar-refractivity contribution in [2.24, 2.45) is 5.92 Å². The summed E-state index contributed by atoms with van der Waals surface area (Å²) in [7, 11) is 1.84. The number of anilines is 1. The normalized spacial score (nSPS) is 14.8. The highest BCUT2D eigenvalue weighted by atomic mass is 16.3. The number of nitrogens with zero attached hydrogens (tertiary/aromatic N) is 2. The van der Waals surface area contributed by atoms with Crippen LogP contribution in [0, 0.1) is 12.8 Å². The molecule has 3 rings (SSSR count). The molecule has 2 heterocycles. The molecule has 3 N–H and O–H groups in total. The van der Waals surface area contributed by atoms with E-state index in [1.165, 1.54) is 19.3 Å². The van der Waals surface area contributed by atoms with E-state index in [0.29, 0.717) is 29.8 Å². The van der Waals surface area contributed by atoms with Gasteiger partial charge in [0.05, 0.1) is 5.56 Å². The minimum absolute atomic E-state index is 0.00967. The van der Waals surface area contributed by atoms with Crippen molar-refractivity contribution in [2.75, 3.05) is 19.0 Å². The summed E-state index contributed by atoms with van der Waals surface area (Å²) in [5, 5.41) is 14.3. The number of amides is 1. The third-order valence-electron chi connectivity index (χ3n) is 4.62. The second kappa shape index (κ2) is 9.57. The molecule has 0 unspecified atom stereocenters. The first-order chi connectivity index (χ1) is 12.5. The van der Waals surface area contributed by atoms with Crippen LogP contribution in [0.15, 0.2) is 18.3 Å². The first-order valence-electron chi connectivity index (χ1n) is 9.54. The van der Waals surface area contributed by atoms with Gasteiger partial charge in [-0.25, -0.2) is 4.98 Å². The van der Waals surface area contributed by atoms with Gasteiger partial charge in [0.15, 0.2) is 5.65 Å². The van der Waals surface area contributed by atoms with Crippen LogP contribution >= 0.6 is 0 Å². The van der Waals surface area contributed by atoms with Gasteiger partial charge in [-0.3, -0.25) is 4.79 Å². The molecule has 0 bridgehead atoms. The van der Waals surface area contributed by atoms with Gasteiger partial charge in [0.2, 0.25) is 0 Å². The number of aliphatic hydroxyl groups excluding tert-OH is 1. The number of carbonyl (C=O) groups excluding carboxylic acids is 1. The van der Waals surface area contributed by atoms with Crippen LogP contribution in [-0.4, -0.2) is 40.1 Å². The van der Waals surface area contributed by atoms with Crippen LogP contribution in [0.25, 0.3) is 5.65 Å². The van der Waals surface area contributed by atoms with Crippen molar-refractivity contribution in [3.05, 3.63) is 29.6 Å². The maximum absolute atomic E-state index is 12.5. The summed E-state index contributed by atoms with van der Waals surface area (Å²) >= 11 is 0. The van der Waals surface area contributed by atoms with Crippen molar-refractivity contribution in [1.29, 1.82) is 0 Å². The molecule has 0 saturated heterocycles. The van der Waals surface area contributed by atoms with Gasteiger partial charge in [-0.05, 0) is 31.7 Å². The number of hydrogen-bond acceptors (Lipinski definition) is 4. The van der Waals surface area contributed by atoms with E-state index < -0.39 is 0 Å². The molecule has 6 nitrogen and oxygen atoms in total. The van der Waals surface area contributed by atoms with Crippen molar-refractivity contribution < 1.29 is 9.90 Å². The number of rotatable bonds is 4. The monoisotopic (exact) mass is 360 g/mol. The van der Waals surface area contributed by atoms with Gasteiger partial charge < -0.3 is 20.1 Å². The molecule has 144 valence electrons. The molecule has 0 radical (unpaired) electrons. The highest BCUT2D eigenvalue weighted by Gasteiger charge is 2.19. The average Bonchev–Trinajstić information content (AvgIpc) is 3.07. The van der Waals surface area contributed by atoms with E-state index in [2.05, 4.69) is 15.6 Å². The molecule has 0 spiro atoms. The molecule has 1 saturated carbocycles. The Morgan fingerprint density at radius 1 is 1.35 bits per heavy atom. The lowest BCUT2D eigenvalue weighted by atomic mass is 9.95. The number of aryl methyl sites for hydroxylation is 1. The summed E-state index contributed by atoms with van der Waals surface area (Å²) in [6.45, 7) is 6.26. The van der Waals surface area contributed by atoms with Crippen LogP contribution < -0.4 is 10.6 Å². The quantitative estimate of drug-likeness (QED) is 0.781. The summed E-state index contributed by atoms with van der Waals surface area (Å²) in [4.78, 5) is 17.0. The summed E-state index contributed by atoms with van der Waals surface area (Å²) < 4.78 is 1.95. The van der Waals surface area contributed by atoms with Crippen LogP contribution in [0.2, 0.25) is 0 Å². The molecule has 1 amide bonds. The number of aromatic nitrogens is 2. The molecule has 1 fully saturated rings. The fourth-order valence-corrected chi connectivity index (χ4v) is 3.05. The lowest BCUT2D eigenvalue weighted by Gasteiger charge is -2.22. The van der Waals surface area contributed by atoms with E-state index in [4.69, 9.17) is 5.11 Å². The standard InChI is InChI=1S/C16H22N4O.C4H10O/c1-11-10-14(17-2)19-15-13(8-9-20(11)15)16(21)18-12-6-4-3-5-7-12;1-4(2)3-5/h8-10,12H,3-7H2,1-2H3,(H,17,19)(H,18,21);4-5H,3H2,1-2H3. The van der Waals surface area contributed by atoms with E-state index in [9.17, 15) is 4.79 Å². The Morgan fingerprint density at radius 3 is 2.58 bits per heavy atom. The van der Waals surface area contributed by atoms with Crippen LogP contribution in [0.5, 0.6) is 0 Å². The minimum Gasteiger partial charge on any atom is -0.396 e. The van der Waals surface area contributed by atoms with Crippen molar-refractivity contribution in [2.45, 2.75) is 58.9 Å².